The average Bonchev–Trinajstić information content (AvgIpc) is 3.13. The highest BCUT2D eigenvalue weighted by Gasteiger charge is 2.35. The number of nitrogens with one attached hydrogen (secondary N) is 2. The molecule has 1 aliphatic rings. The molecule has 1 aliphatic heterocycles. The summed E-state index contributed by atoms with van der Waals surface area (Å²) >= 11 is 12.2. The molecule has 3 amide bonds. The van der Waals surface area contributed by atoms with Crippen LogP contribution in [0.15, 0.2) is 48.2 Å². The topological polar surface area (TPSA) is 102 Å². The van der Waals surface area contributed by atoms with Gasteiger partial charge in [0.05, 0.1) is 10.7 Å². The third-order valence-corrected chi connectivity index (χ3v) is 4.76. The molecule has 0 saturated carbocycles. The molecule has 9 heteroatoms. The minimum Gasteiger partial charge on any atom is -0.477 e. The number of anilines is 1. The van der Waals surface area contributed by atoms with E-state index in [4.69, 9.17) is 23.2 Å². The van der Waals surface area contributed by atoms with Crippen molar-refractivity contribution >= 4 is 63.8 Å². The van der Waals surface area contributed by atoms with E-state index in [0.29, 0.717) is 21.6 Å². The van der Waals surface area contributed by atoms with E-state index in [2.05, 4.69) is 10.3 Å². The van der Waals surface area contributed by atoms with Crippen molar-refractivity contribution in [2.45, 2.75) is 0 Å². The standard InChI is InChI=1S/C19H11Cl2N3O4/c20-9-6-12(21)15-11(16(18(26)27)22-13(15)7-9)8-14-17(25)24(19(28)23-14)10-4-2-1-3-5-10/h1-8,22H,(H,23,28)(H,26,27)/b14-8-. The number of benzene rings is 2. The van der Waals surface area contributed by atoms with Gasteiger partial charge < -0.3 is 15.4 Å². The van der Waals surface area contributed by atoms with E-state index in [1.807, 2.05) is 0 Å². The Balaban J connectivity index is 1.87. The maximum atomic E-state index is 12.8. The molecule has 0 spiro atoms. The van der Waals surface area contributed by atoms with Crippen LogP contribution in [0.5, 0.6) is 0 Å². The van der Waals surface area contributed by atoms with Crippen LogP contribution < -0.4 is 10.2 Å². The largest absolute Gasteiger partial charge is 0.477 e. The number of rotatable bonds is 3. The first-order valence-corrected chi connectivity index (χ1v) is 8.78. The molecular formula is C19H11Cl2N3O4. The van der Waals surface area contributed by atoms with E-state index in [1.54, 1.807) is 30.3 Å². The first-order valence-electron chi connectivity index (χ1n) is 8.03. The maximum Gasteiger partial charge on any atom is 0.352 e. The molecule has 0 unspecified atom stereocenters. The molecule has 1 fully saturated rings. The van der Waals surface area contributed by atoms with Gasteiger partial charge in [0.2, 0.25) is 0 Å². The molecule has 0 bridgehead atoms. The molecule has 7 nitrogen and oxygen atoms in total. The Morgan fingerprint density at radius 2 is 1.82 bits per heavy atom. The first-order chi connectivity index (χ1) is 13.4. The third-order valence-electron chi connectivity index (χ3n) is 4.25. The number of amides is 3. The number of carboxylic acid groups (broad SMARTS) is 1. The zero-order chi connectivity index (χ0) is 20.0. The molecule has 3 aromatic rings. The predicted molar refractivity (Wildman–Crippen MR) is 106 cm³/mol. The number of urea groups is 1. The molecule has 0 atom stereocenters. The van der Waals surface area contributed by atoms with Gasteiger partial charge in [0.15, 0.2) is 0 Å². The van der Waals surface area contributed by atoms with Gasteiger partial charge in [-0.1, -0.05) is 41.4 Å². The second-order valence-corrected chi connectivity index (χ2v) is 6.84. The molecule has 3 N–H and O–H groups in total. The Hall–Kier alpha value is -3.29. The summed E-state index contributed by atoms with van der Waals surface area (Å²) in [6, 6.07) is 10.8. The van der Waals surface area contributed by atoms with Crippen LogP contribution >= 0.6 is 23.2 Å². The summed E-state index contributed by atoms with van der Waals surface area (Å²) in [6.45, 7) is 0. The van der Waals surface area contributed by atoms with E-state index < -0.39 is 17.9 Å². The zero-order valence-corrected chi connectivity index (χ0v) is 15.5. The van der Waals surface area contributed by atoms with Crippen LogP contribution in [-0.2, 0) is 4.79 Å². The highest BCUT2D eigenvalue weighted by Crippen LogP contribution is 2.34. The molecule has 0 aliphatic carbocycles. The Morgan fingerprint density at radius 3 is 2.50 bits per heavy atom. The number of para-hydroxylation sites is 1. The van der Waals surface area contributed by atoms with Crippen molar-refractivity contribution in [1.82, 2.24) is 10.3 Å². The molecule has 4 rings (SSSR count). The molecule has 1 aromatic heterocycles. The summed E-state index contributed by atoms with van der Waals surface area (Å²) in [5, 5.41) is 12.9. The predicted octanol–water partition coefficient (Wildman–Crippen LogP) is 4.27. The van der Waals surface area contributed by atoms with E-state index in [1.165, 1.54) is 18.2 Å². The lowest BCUT2D eigenvalue weighted by Crippen LogP contribution is -2.30. The van der Waals surface area contributed by atoms with Crippen LogP contribution in [0, 0.1) is 0 Å². The van der Waals surface area contributed by atoms with E-state index in [0.717, 1.165) is 4.90 Å². The third kappa shape index (κ3) is 2.90. The number of carbonyl (C=O) groups excluding carboxylic acids is 2. The highest BCUT2D eigenvalue weighted by molar-refractivity contribution is 6.39. The lowest BCUT2D eigenvalue weighted by atomic mass is 10.1. The summed E-state index contributed by atoms with van der Waals surface area (Å²) in [4.78, 5) is 40.4. The summed E-state index contributed by atoms with van der Waals surface area (Å²) in [5.74, 6) is -1.85. The minimum atomic E-state index is -1.24. The van der Waals surface area contributed by atoms with Crippen LogP contribution in [-0.4, -0.2) is 28.0 Å². The lowest BCUT2D eigenvalue weighted by molar-refractivity contribution is -0.113. The number of carbonyl (C=O) groups is 3. The SMILES string of the molecule is O=C(O)c1[nH]c2cc(Cl)cc(Cl)c2c1/C=C1\NC(=O)N(c2ccccc2)C1=O. The monoisotopic (exact) mass is 415 g/mol. The van der Waals surface area contributed by atoms with Gasteiger partial charge in [-0.3, -0.25) is 4.79 Å². The summed E-state index contributed by atoms with van der Waals surface area (Å²) in [6.07, 6.45) is 1.30. The molecular weight excluding hydrogens is 405 g/mol. The number of imide groups is 1. The number of hydrogen-bond donors (Lipinski definition) is 3. The smallest absolute Gasteiger partial charge is 0.352 e. The Labute approximate surface area is 168 Å². The number of fused-ring (bicyclic) bond motifs is 1. The number of halogens is 2. The molecule has 2 heterocycles. The second-order valence-electron chi connectivity index (χ2n) is 5.99. The molecule has 2 aromatic carbocycles. The fraction of sp³-hybridized carbons (Fsp3) is 0. The number of aromatic carboxylic acids is 1. The molecule has 28 heavy (non-hydrogen) atoms. The maximum absolute atomic E-state index is 12.8. The quantitative estimate of drug-likeness (QED) is 0.438. The lowest BCUT2D eigenvalue weighted by Gasteiger charge is -2.10. The Kier molecular flexibility index (Phi) is 4.33. The van der Waals surface area contributed by atoms with Gasteiger partial charge in [-0.25, -0.2) is 14.5 Å². The fourth-order valence-electron chi connectivity index (χ4n) is 3.08. The minimum absolute atomic E-state index is 0.0664. The number of aromatic amines is 1. The van der Waals surface area contributed by atoms with E-state index >= 15 is 0 Å². The van der Waals surface area contributed by atoms with Crippen LogP contribution in [0.25, 0.3) is 17.0 Å². The Bertz CT molecular complexity index is 1180. The average molecular weight is 416 g/mol. The number of carboxylic acids is 1. The van der Waals surface area contributed by atoms with Crippen molar-refractivity contribution in [2.24, 2.45) is 0 Å². The van der Waals surface area contributed by atoms with Gasteiger partial charge in [0, 0.05) is 21.5 Å². The fourth-order valence-corrected chi connectivity index (χ4v) is 3.67. The van der Waals surface area contributed by atoms with Crippen LogP contribution in [0.4, 0.5) is 10.5 Å². The van der Waals surface area contributed by atoms with Crippen molar-refractivity contribution < 1.29 is 19.5 Å². The molecule has 0 radical (unpaired) electrons. The van der Waals surface area contributed by atoms with Crippen molar-refractivity contribution in [3.05, 3.63) is 69.5 Å². The van der Waals surface area contributed by atoms with Gasteiger partial charge in [0.1, 0.15) is 11.4 Å². The molecule has 140 valence electrons. The summed E-state index contributed by atoms with van der Waals surface area (Å²) < 4.78 is 0. The van der Waals surface area contributed by atoms with Crippen molar-refractivity contribution in [3.8, 4) is 0 Å². The summed E-state index contributed by atoms with van der Waals surface area (Å²) in [7, 11) is 0. The first kappa shape index (κ1) is 18.1. The number of nitrogens with zero attached hydrogens (tertiary/aromatic N) is 1. The van der Waals surface area contributed by atoms with Gasteiger partial charge in [0.25, 0.3) is 5.91 Å². The van der Waals surface area contributed by atoms with Gasteiger partial charge >= 0.3 is 12.0 Å². The van der Waals surface area contributed by atoms with Gasteiger partial charge in [-0.05, 0) is 30.3 Å². The van der Waals surface area contributed by atoms with Crippen LogP contribution in [0.1, 0.15) is 16.1 Å². The van der Waals surface area contributed by atoms with Crippen molar-refractivity contribution in [3.63, 3.8) is 0 Å². The normalized spacial score (nSPS) is 15.5. The highest BCUT2D eigenvalue weighted by atomic mass is 35.5. The van der Waals surface area contributed by atoms with Crippen molar-refractivity contribution in [2.75, 3.05) is 4.90 Å². The summed E-state index contributed by atoms with van der Waals surface area (Å²) in [5.41, 5.74) is 0.729. The number of aromatic nitrogens is 1. The van der Waals surface area contributed by atoms with Crippen molar-refractivity contribution in [1.29, 1.82) is 0 Å². The van der Waals surface area contributed by atoms with Crippen LogP contribution in [0.2, 0.25) is 10.0 Å². The van der Waals surface area contributed by atoms with E-state index in [-0.39, 0.29) is 22.0 Å². The Morgan fingerprint density at radius 1 is 1.11 bits per heavy atom. The zero-order valence-electron chi connectivity index (χ0n) is 14.0. The number of H-pyrrole nitrogens is 1. The van der Waals surface area contributed by atoms with Crippen LogP contribution in [0.3, 0.4) is 0 Å². The van der Waals surface area contributed by atoms with Gasteiger partial charge in [-0.15, -0.1) is 0 Å². The second kappa shape index (κ2) is 6.70. The molecule has 1 saturated heterocycles. The van der Waals surface area contributed by atoms with Gasteiger partial charge in [-0.2, -0.15) is 0 Å². The number of hydrogen-bond acceptors (Lipinski definition) is 3. The van der Waals surface area contributed by atoms with E-state index in [9.17, 15) is 19.5 Å².